The predicted molar refractivity (Wildman–Crippen MR) is 375 cm³/mol. The van der Waals surface area contributed by atoms with Gasteiger partial charge in [-0.2, -0.15) is 0 Å². The lowest BCUT2D eigenvalue weighted by Crippen LogP contribution is -2.23. The molecule has 0 fully saturated rings. The van der Waals surface area contributed by atoms with Crippen molar-refractivity contribution in [2.75, 3.05) is 0 Å². The molecule has 0 bridgehead atoms. The molecule has 6 nitrogen and oxygen atoms in total. The van der Waals surface area contributed by atoms with Gasteiger partial charge in [0, 0.05) is 67.5 Å². The molecule has 0 amide bonds. The number of benzene rings is 8. The molecule has 0 unspecified atom stereocenters. The molecule has 0 N–H and O–H groups in total. The SMILES string of the molecule is CC1c2cc(C(C)(C)C)cc(C(C)(C)C)c2OP(Oc2ccc3ccccc3c2-c2c(OP3Oc4c(cc(C(C)(C)C)cc4C(C)(C)C)C(C)c4cc(C(C)(C)C)cc(C(C)(C)C)c4O3)ccc3ccccc23)Oc2c1cc(C(C)(C)C)cc2C(C)(C)C. The minimum absolute atomic E-state index is 0.0811. The van der Waals surface area contributed by atoms with E-state index in [4.69, 9.17) is 27.1 Å². The molecule has 8 aromatic rings. The standard InChI is InChI=1S/C80H100O6P2/c1-47-57-39-51(73(3,4)5)43-61(77(15,16)17)69(57)83-87(84-70-58(47)40-52(74(6,7)8)44-62(70)78(18,19)20)81-65-37-35-49-31-27-29-33-55(49)67(65)68-56-34-30-28-32-50(56)36-38-66(68)82-88-85-71-59(41-53(75(9,10)11)45-63(71)79(21,22)23)48(2)60-42-54(76(12,13)14)46-64(72(60)86-88)80(24,25)26/h27-48H,1-26H3. The van der Waals surface area contributed by atoms with E-state index in [-0.39, 0.29) is 55.2 Å². The van der Waals surface area contributed by atoms with E-state index in [1.807, 2.05) is 0 Å². The Morgan fingerprint density at radius 2 is 0.534 bits per heavy atom. The van der Waals surface area contributed by atoms with Crippen molar-refractivity contribution in [2.24, 2.45) is 0 Å². The zero-order valence-electron chi connectivity index (χ0n) is 58.0. The van der Waals surface area contributed by atoms with Gasteiger partial charge >= 0.3 is 17.2 Å². The lowest BCUT2D eigenvalue weighted by molar-refractivity contribution is 0.364. The molecular formula is C80H100O6P2. The summed E-state index contributed by atoms with van der Waals surface area (Å²) >= 11 is 0. The van der Waals surface area contributed by atoms with Gasteiger partial charge in [-0.3, -0.25) is 0 Å². The molecule has 8 heteroatoms. The molecule has 0 atom stereocenters. The summed E-state index contributed by atoms with van der Waals surface area (Å²) in [6.45, 7) is 59.6. The summed E-state index contributed by atoms with van der Waals surface area (Å²) in [4.78, 5) is 0. The fourth-order valence-electron chi connectivity index (χ4n) is 12.3. The van der Waals surface area contributed by atoms with Crippen molar-refractivity contribution in [1.29, 1.82) is 0 Å². The molecule has 8 aromatic carbocycles. The first-order valence-corrected chi connectivity index (χ1v) is 34.2. The smallest absolute Gasteiger partial charge is 0.408 e. The van der Waals surface area contributed by atoms with Gasteiger partial charge in [0.1, 0.15) is 34.5 Å². The normalized spacial score (nSPS) is 17.8. The van der Waals surface area contributed by atoms with E-state index < -0.39 is 17.2 Å². The second-order valence-electron chi connectivity index (χ2n) is 33.5. The Bertz CT molecular complexity index is 3570. The van der Waals surface area contributed by atoms with Gasteiger partial charge in [0.15, 0.2) is 0 Å². The third-order valence-corrected chi connectivity index (χ3v) is 20.1. The molecule has 0 radical (unpaired) electrons. The monoisotopic (exact) mass is 1220 g/mol. The molecule has 466 valence electrons. The van der Waals surface area contributed by atoms with Crippen molar-refractivity contribution in [3.63, 3.8) is 0 Å². The minimum atomic E-state index is -2.22. The Morgan fingerprint density at radius 1 is 0.295 bits per heavy atom. The van der Waals surface area contributed by atoms with E-state index in [1.165, 1.54) is 22.3 Å². The van der Waals surface area contributed by atoms with Crippen molar-refractivity contribution in [2.45, 2.75) is 235 Å². The van der Waals surface area contributed by atoms with E-state index in [0.717, 1.165) is 100 Å². The van der Waals surface area contributed by atoms with Crippen molar-refractivity contribution in [1.82, 2.24) is 0 Å². The van der Waals surface area contributed by atoms with Crippen LogP contribution in [-0.4, -0.2) is 0 Å². The van der Waals surface area contributed by atoms with Crippen molar-refractivity contribution in [3.05, 3.63) is 188 Å². The molecular weight excluding hydrogens is 1120 g/mol. The maximum Gasteiger partial charge on any atom is 0.530 e. The number of rotatable bonds is 5. The highest BCUT2D eigenvalue weighted by atomic mass is 31.2. The third-order valence-electron chi connectivity index (χ3n) is 18.1. The van der Waals surface area contributed by atoms with Gasteiger partial charge < -0.3 is 27.1 Å². The topological polar surface area (TPSA) is 55.4 Å². The predicted octanol–water partition coefficient (Wildman–Crippen LogP) is 24.5. The average Bonchev–Trinajstić information content (AvgIpc) is 0.777. The molecule has 2 aliphatic heterocycles. The van der Waals surface area contributed by atoms with Crippen LogP contribution in [0.3, 0.4) is 0 Å². The lowest BCUT2D eigenvalue weighted by Gasteiger charge is -2.36. The summed E-state index contributed by atoms with van der Waals surface area (Å²) in [7, 11) is -4.45. The summed E-state index contributed by atoms with van der Waals surface area (Å²) in [5.74, 6) is 4.27. The summed E-state index contributed by atoms with van der Waals surface area (Å²) in [6.07, 6.45) is 0. The van der Waals surface area contributed by atoms with Gasteiger partial charge in [-0.05, 0) is 99.3 Å². The number of hydrogen-bond acceptors (Lipinski definition) is 6. The summed E-state index contributed by atoms with van der Waals surface area (Å²) < 4.78 is 45.7. The van der Waals surface area contributed by atoms with Gasteiger partial charge in [-0.15, -0.1) is 0 Å². The average molecular weight is 1220 g/mol. The second-order valence-corrected chi connectivity index (χ2v) is 35.5. The maximum atomic E-state index is 7.69. The van der Waals surface area contributed by atoms with E-state index >= 15 is 0 Å². The second kappa shape index (κ2) is 22.4. The van der Waals surface area contributed by atoms with Gasteiger partial charge in [0.05, 0.1) is 0 Å². The Balaban J connectivity index is 1.24. The molecule has 0 saturated heterocycles. The van der Waals surface area contributed by atoms with Gasteiger partial charge in [0.2, 0.25) is 0 Å². The first kappa shape index (κ1) is 64.9. The minimum Gasteiger partial charge on any atom is -0.408 e. The molecule has 88 heavy (non-hydrogen) atoms. The Hall–Kier alpha value is -6.06. The Kier molecular flexibility index (Phi) is 16.5. The van der Waals surface area contributed by atoms with Crippen molar-refractivity contribution in [3.8, 4) is 45.6 Å². The molecule has 2 heterocycles. The fraction of sp³-hybridized carbons (Fsp3) is 0.450. The number of fused-ring (bicyclic) bond motifs is 6. The molecule has 0 aliphatic carbocycles. The van der Waals surface area contributed by atoms with Crippen LogP contribution < -0.4 is 27.1 Å². The van der Waals surface area contributed by atoms with Crippen LogP contribution in [0.1, 0.15) is 259 Å². The van der Waals surface area contributed by atoms with Crippen LogP contribution >= 0.6 is 17.2 Å². The molecule has 0 spiro atoms. The first-order chi connectivity index (χ1) is 40.5. The summed E-state index contributed by atoms with van der Waals surface area (Å²) in [5.41, 5.74) is 14.0. The van der Waals surface area contributed by atoms with Crippen LogP contribution in [0, 0.1) is 0 Å². The van der Waals surface area contributed by atoms with Crippen LogP contribution in [0.25, 0.3) is 32.7 Å². The molecule has 2 aliphatic rings. The summed E-state index contributed by atoms with van der Waals surface area (Å²) in [5, 5.41) is 4.06. The lowest BCUT2D eigenvalue weighted by atomic mass is 9.74. The largest absolute Gasteiger partial charge is 0.530 e. The van der Waals surface area contributed by atoms with Crippen LogP contribution in [0.15, 0.2) is 121 Å². The van der Waals surface area contributed by atoms with E-state index in [1.54, 1.807) is 0 Å². The van der Waals surface area contributed by atoms with Crippen LogP contribution in [0.5, 0.6) is 34.5 Å². The third kappa shape index (κ3) is 12.7. The first-order valence-electron chi connectivity index (χ1n) is 32.0. The fourth-order valence-corrected chi connectivity index (χ4v) is 14.6. The van der Waals surface area contributed by atoms with Gasteiger partial charge in [-0.25, -0.2) is 0 Å². The summed E-state index contributed by atoms with van der Waals surface area (Å²) in [6, 6.07) is 44.6. The van der Waals surface area contributed by atoms with Gasteiger partial charge in [-0.1, -0.05) is 289 Å². The molecule has 0 aromatic heterocycles. The maximum absolute atomic E-state index is 7.69. The van der Waals surface area contributed by atoms with E-state index in [9.17, 15) is 0 Å². The Morgan fingerprint density at radius 3 is 0.761 bits per heavy atom. The molecule has 10 rings (SSSR count). The van der Waals surface area contributed by atoms with Crippen LogP contribution in [-0.2, 0) is 43.3 Å². The van der Waals surface area contributed by atoms with Crippen molar-refractivity contribution < 1.29 is 27.1 Å². The highest BCUT2D eigenvalue weighted by Crippen LogP contribution is 2.61. The van der Waals surface area contributed by atoms with Crippen molar-refractivity contribution >= 4 is 38.7 Å². The zero-order chi connectivity index (χ0) is 64.6. The van der Waals surface area contributed by atoms with Crippen LogP contribution in [0.2, 0.25) is 0 Å². The van der Waals surface area contributed by atoms with Crippen LogP contribution in [0.4, 0.5) is 0 Å². The Labute approximate surface area is 531 Å². The van der Waals surface area contributed by atoms with E-state index in [2.05, 4.69) is 301 Å². The molecule has 0 saturated carbocycles. The van der Waals surface area contributed by atoms with Gasteiger partial charge in [0.25, 0.3) is 0 Å². The highest BCUT2D eigenvalue weighted by molar-refractivity contribution is 7.43. The highest BCUT2D eigenvalue weighted by Gasteiger charge is 2.42. The number of hydrogen-bond donors (Lipinski definition) is 0. The van der Waals surface area contributed by atoms with E-state index in [0.29, 0.717) is 11.5 Å². The zero-order valence-corrected chi connectivity index (χ0v) is 59.8. The quantitative estimate of drug-likeness (QED) is 0.160.